The molecule has 0 saturated carbocycles. The number of benzene rings is 2. The minimum absolute atomic E-state index is 0.0871. The molecule has 0 N–H and O–H groups in total. The summed E-state index contributed by atoms with van der Waals surface area (Å²) < 4.78 is 33.4. The van der Waals surface area contributed by atoms with Gasteiger partial charge in [0, 0.05) is 28.5 Å². The summed E-state index contributed by atoms with van der Waals surface area (Å²) in [6, 6.07) is 8.57. The molecule has 3 nitrogen and oxygen atoms in total. The van der Waals surface area contributed by atoms with Crippen molar-refractivity contribution in [2.45, 2.75) is 16.4 Å². The lowest BCUT2D eigenvalue weighted by Gasteiger charge is -2.12. The summed E-state index contributed by atoms with van der Waals surface area (Å²) in [5.74, 6) is -1.13. The number of rotatable bonds is 3. The molecule has 1 aliphatic rings. The highest BCUT2D eigenvalue weighted by Crippen LogP contribution is 2.45. The lowest BCUT2D eigenvalue weighted by molar-refractivity contribution is 0.0852. The first-order chi connectivity index (χ1) is 11.4. The largest absolute Gasteiger partial charge is 0.457 e. The van der Waals surface area contributed by atoms with E-state index in [4.69, 9.17) is 21.6 Å². The zero-order chi connectivity index (χ0) is 17.5. The first-order valence-corrected chi connectivity index (χ1v) is 8.47. The highest BCUT2D eigenvalue weighted by atomic mass is 35.5. The van der Waals surface area contributed by atoms with Crippen LogP contribution in [0.1, 0.15) is 21.5 Å². The van der Waals surface area contributed by atoms with Crippen molar-refractivity contribution in [1.82, 2.24) is 0 Å². The Hall–Kier alpha value is -2.10. The number of nitriles is 1. The molecule has 0 heterocycles. The number of alkyl halides is 2. The molecule has 0 aromatic heterocycles. The van der Waals surface area contributed by atoms with E-state index < -0.39 is 16.7 Å². The summed E-state index contributed by atoms with van der Waals surface area (Å²) in [5.41, 5.74) is 0.622. The molecule has 2 aromatic rings. The van der Waals surface area contributed by atoms with Crippen LogP contribution in [-0.2, 0) is 6.42 Å². The standard InChI is InChI=1S/C17H10ClF2NO2S/c1-24-14-3-2-13(12-7-17(18,20)16(22)15(12)14)23-11-5-9(8-21)4-10(19)6-11/h2-6H,7H2,1H3. The van der Waals surface area contributed by atoms with E-state index in [0.717, 1.165) is 12.1 Å². The normalized spacial score (nSPS) is 19.0. The van der Waals surface area contributed by atoms with E-state index in [9.17, 15) is 13.6 Å². The maximum atomic E-state index is 14.3. The second kappa shape index (κ2) is 6.08. The smallest absolute Gasteiger partial charge is 0.250 e. The number of carbonyl (C=O) groups excluding carboxylic acids is 1. The molecule has 24 heavy (non-hydrogen) atoms. The number of ether oxygens (including phenoxy) is 1. The van der Waals surface area contributed by atoms with Crippen LogP contribution in [0.15, 0.2) is 35.2 Å². The predicted molar refractivity (Wildman–Crippen MR) is 87.1 cm³/mol. The Bertz CT molecular complexity index is 893. The SMILES string of the molecule is CSc1ccc(Oc2cc(F)cc(C#N)c2)c2c1C(=O)C(F)(Cl)C2. The van der Waals surface area contributed by atoms with Gasteiger partial charge >= 0.3 is 0 Å². The van der Waals surface area contributed by atoms with Crippen LogP contribution in [0.3, 0.4) is 0 Å². The Kier molecular flexibility index (Phi) is 4.24. The van der Waals surface area contributed by atoms with E-state index in [1.807, 2.05) is 6.07 Å². The van der Waals surface area contributed by atoms with Gasteiger partial charge in [0.25, 0.3) is 0 Å². The van der Waals surface area contributed by atoms with Crippen LogP contribution in [0.2, 0.25) is 0 Å². The third-order valence-electron chi connectivity index (χ3n) is 3.64. The van der Waals surface area contributed by atoms with Crippen molar-refractivity contribution in [3.8, 4) is 17.6 Å². The number of carbonyl (C=O) groups is 1. The second-order valence-electron chi connectivity index (χ2n) is 5.22. The summed E-state index contributed by atoms with van der Waals surface area (Å²) in [4.78, 5) is 12.8. The Balaban J connectivity index is 2.08. The van der Waals surface area contributed by atoms with Crippen LogP contribution in [0.4, 0.5) is 8.78 Å². The van der Waals surface area contributed by atoms with Gasteiger partial charge in [-0.1, -0.05) is 11.6 Å². The van der Waals surface area contributed by atoms with Gasteiger partial charge < -0.3 is 4.74 Å². The summed E-state index contributed by atoms with van der Waals surface area (Å²) in [6.45, 7) is 0. The Morgan fingerprint density at radius 2 is 2.12 bits per heavy atom. The topological polar surface area (TPSA) is 50.1 Å². The summed E-state index contributed by atoms with van der Waals surface area (Å²) in [7, 11) is 0. The third kappa shape index (κ3) is 2.85. The highest BCUT2D eigenvalue weighted by molar-refractivity contribution is 7.98. The summed E-state index contributed by atoms with van der Waals surface area (Å²) >= 11 is 6.97. The molecule has 0 fully saturated rings. The zero-order valence-corrected chi connectivity index (χ0v) is 14.0. The fraction of sp³-hybridized carbons (Fsp3) is 0.176. The molecule has 1 aliphatic carbocycles. The van der Waals surface area contributed by atoms with Crippen LogP contribution in [0, 0.1) is 17.1 Å². The summed E-state index contributed by atoms with van der Waals surface area (Å²) in [6.07, 6.45) is 1.44. The Morgan fingerprint density at radius 1 is 1.38 bits per heavy atom. The highest BCUT2D eigenvalue weighted by Gasteiger charge is 2.47. The fourth-order valence-electron chi connectivity index (χ4n) is 2.60. The molecule has 0 aliphatic heterocycles. The van der Waals surface area contributed by atoms with Crippen molar-refractivity contribution in [1.29, 1.82) is 5.26 Å². The first kappa shape index (κ1) is 16.7. The van der Waals surface area contributed by atoms with E-state index in [1.54, 1.807) is 18.4 Å². The van der Waals surface area contributed by atoms with E-state index in [1.165, 1.54) is 17.8 Å². The van der Waals surface area contributed by atoms with E-state index in [-0.39, 0.29) is 29.0 Å². The predicted octanol–water partition coefficient (Wildman–Crippen LogP) is 4.85. The maximum Gasteiger partial charge on any atom is 0.250 e. The van der Waals surface area contributed by atoms with Gasteiger partial charge in [0.1, 0.15) is 17.3 Å². The van der Waals surface area contributed by atoms with Crippen molar-refractivity contribution < 1.29 is 18.3 Å². The van der Waals surface area contributed by atoms with Crippen molar-refractivity contribution in [3.05, 3.63) is 52.8 Å². The van der Waals surface area contributed by atoms with Gasteiger partial charge in [0.15, 0.2) is 0 Å². The minimum Gasteiger partial charge on any atom is -0.457 e. The van der Waals surface area contributed by atoms with Crippen LogP contribution >= 0.6 is 23.4 Å². The Labute approximate surface area is 146 Å². The molecule has 1 unspecified atom stereocenters. The molecule has 0 radical (unpaired) electrons. The molecule has 0 amide bonds. The molecular weight excluding hydrogens is 356 g/mol. The van der Waals surface area contributed by atoms with Gasteiger partial charge in [-0.05, 0) is 30.5 Å². The van der Waals surface area contributed by atoms with Crippen molar-refractivity contribution >= 4 is 29.1 Å². The number of ketones is 1. The second-order valence-corrected chi connectivity index (χ2v) is 6.67. The average molecular weight is 366 g/mol. The lowest BCUT2D eigenvalue weighted by Crippen LogP contribution is -2.22. The molecular formula is C17H10ClF2NO2S. The van der Waals surface area contributed by atoms with Crippen LogP contribution in [0.25, 0.3) is 0 Å². The summed E-state index contributed by atoms with van der Waals surface area (Å²) in [5, 5.41) is 6.38. The maximum absolute atomic E-state index is 14.3. The third-order valence-corrected chi connectivity index (χ3v) is 4.72. The number of fused-ring (bicyclic) bond motifs is 1. The van der Waals surface area contributed by atoms with Gasteiger partial charge in [0.2, 0.25) is 10.9 Å². The Morgan fingerprint density at radius 3 is 2.79 bits per heavy atom. The molecule has 0 spiro atoms. The minimum atomic E-state index is -2.51. The molecule has 7 heteroatoms. The molecule has 3 rings (SSSR count). The van der Waals surface area contributed by atoms with Crippen molar-refractivity contribution in [2.24, 2.45) is 0 Å². The van der Waals surface area contributed by atoms with Crippen molar-refractivity contribution in [3.63, 3.8) is 0 Å². The fourth-order valence-corrected chi connectivity index (χ4v) is 3.45. The number of Topliss-reactive ketones (excluding diaryl/α,β-unsaturated/α-hetero) is 1. The van der Waals surface area contributed by atoms with Crippen LogP contribution in [-0.4, -0.2) is 17.2 Å². The van der Waals surface area contributed by atoms with Crippen LogP contribution < -0.4 is 4.74 Å². The number of nitrogens with zero attached hydrogens (tertiary/aromatic N) is 1. The molecule has 122 valence electrons. The molecule has 0 saturated heterocycles. The quantitative estimate of drug-likeness (QED) is 0.576. The lowest BCUT2D eigenvalue weighted by atomic mass is 10.1. The van der Waals surface area contributed by atoms with Gasteiger partial charge in [-0.15, -0.1) is 11.8 Å². The number of hydrogen-bond acceptors (Lipinski definition) is 4. The van der Waals surface area contributed by atoms with Crippen molar-refractivity contribution in [2.75, 3.05) is 6.26 Å². The van der Waals surface area contributed by atoms with Gasteiger partial charge in [-0.2, -0.15) is 5.26 Å². The van der Waals surface area contributed by atoms with Gasteiger partial charge in [-0.3, -0.25) is 4.79 Å². The van der Waals surface area contributed by atoms with Gasteiger partial charge in [0.05, 0.1) is 11.6 Å². The molecule has 0 bridgehead atoms. The monoisotopic (exact) mass is 365 g/mol. The number of halogens is 3. The van der Waals surface area contributed by atoms with E-state index >= 15 is 0 Å². The van der Waals surface area contributed by atoms with E-state index in [0.29, 0.717) is 10.5 Å². The number of thioether (sulfide) groups is 1. The van der Waals surface area contributed by atoms with Crippen LogP contribution in [0.5, 0.6) is 11.5 Å². The molecule has 2 aromatic carbocycles. The average Bonchev–Trinajstić information content (AvgIpc) is 2.78. The zero-order valence-electron chi connectivity index (χ0n) is 12.4. The van der Waals surface area contributed by atoms with Gasteiger partial charge in [-0.25, -0.2) is 8.78 Å². The molecule has 1 atom stereocenters. The first-order valence-electron chi connectivity index (χ1n) is 6.87. The van der Waals surface area contributed by atoms with E-state index in [2.05, 4.69) is 0 Å². The number of hydrogen-bond donors (Lipinski definition) is 0.